The van der Waals surface area contributed by atoms with E-state index < -0.39 is 5.97 Å². The molecular weight excluding hydrogens is 450 g/mol. The highest BCUT2D eigenvalue weighted by Crippen LogP contribution is 2.19. The predicted octanol–water partition coefficient (Wildman–Crippen LogP) is 6.11. The largest absolute Gasteiger partial charge is 0.481 e. The van der Waals surface area contributed by atoms with Crippen molar-refractivity contribution in [2.24, 2.45) is 5.92 Å². The number of hydrogen-bond acceptors (Lipinski definition) is 6. The van der Waals surface area contributed by atoms with E-state index in [4.69, 9.17) is 9.84 Å². The molecule has 1 aliphatic heterocycles. The average molecular weight is 500 g/mol. The van der Waals surface area contributed by atoms with E-state index in [1.54, 1.807) is 0 Å². The summed E-state index contributed by atoms with van der Waals surface area (Å²) in [5, 5.41) is 8.66. The SMILES string of the molecule is O=CCCCCCCCCOC(=O)C(CCN1CCCC1)CSCCCCCCCCC(=O)O. The molecule has 0 aliphatic carbocycles. The molecule has 0 radical (unpaired) electrons. The molecule has 0 spiro atoms. The van der Waals surface area contributed by atoms with Crippen LogP contribution in [0.15, 0.2) is 0 Å². The topological polar surface area (TPSA) is 83.9 Å². The summed E-state index contributed by atoms with van der Waals surface area (Å²) >= 11 is 1.88. The quantitative estimate of drug-likeness (QED) is 0.0974. The number of ether oxygens (including phenoxy) is 1. The molecule has 34 heavy (non-hydrogen) atoms. The summed E-state index contributed by atoms with van der Waals surface area (Å²) in [6.45, 7) is 3.85. The molecule has 0 aromatic heterocycles. The molecule has 0 amide bonds. The molecule has 1 unspecified atom stereocenters. The van der Waals surface area contributed by atoms with Crippen LogP contribution < -0.4 is 0 Å². The van der Waals surface area contributed by atoms with Crippen molar-refractivity contribution in [2.75, 3.05) is 37.7 Å². The lowest BCUT2D eigenvalue weighted by Crippen LogP contribution is -2.28. The number of esters is 1. The molecule has 1 atom stereocenters. The summed E-state index contributed by atoms with van der Waals surface area (Å²) in [5.74, 6) is 1.20. The maximum atomic E-state index is 12.7. The molecule has 1 rings (SSSR count). The molecule has 0 bridgehead atoms. The Morgan fingerprint density at radius 1 is 0.882 bits per heavy atom. The van der Waals surface area contributed by atoms with E-state index in [1.165, 1.54) is 19.3 Å². The first-order chi connectivity index (χ1) is 16.6. The van der Waals surface area contributed by atoms with E-state index in [0.29, 0.717) is 13.0 Å². The lowest BCUT2D eigenvalue weighted by Gasteiger charge is -2.20. The minimum atomic E-state index is -0.698. The molecular formula is C27H49NO5S. The number of carbonyl (C=O) groups is 3. The summed E-state index contributed by atoms with van der Waals surface area (Å²) in [4.78, 5) is 36.1. The van der Waals surface area contributed by atoms with Gasteiger partial charge in [-0.25, -0.2) is 0 Å². The first-order valence-corrected chi connectivity index (χ1v) is 14.9. The van der Waals surface area contributed by atoms with Crippen LogP contribution in [0, 0.1) is 5.92 Å². The van der Waals surface area contributed by atoms with Crippen LogP contribution in [-0.4, -0.2) is 66.0 Å². The Kier molecular flexibility index (Phi) is 20.4. The van der Waals surface area contributed by atoms with E-state index in [0.717, 1.165) is 114 Å². The van der Waals surface area contributed by atoms with Gasteiger partial charge in [0.15, 0.2) is 0 Å². The van der Waals surface area contributed by atoms with Crippen LogP contribution in [0.4, 0.5) is 0 Å². The van der Waals surface area contributed by atoms with Crippen LogP contribution >= 0.6 is 11.8 Å². The molecule has 1 N–H and O–H groups in total. The van der Waals surface area contributed by atoms with Crippen LogP contribution in [0.2, 0.25) is 0 Å². The number of unbranched alkanes of at least 4 members (excludes halogenated alkanes) is 11. The van der Waals surface area contributed by atoms with Gasteiger partial charge in [0.2, 0.25) is 0 Å². The van der Waals surface area contributed by atoms with Gasteiger partial charge in [-0.2, -0.15) is 11.8 Å². The smallest absolute Gasteiger partial charge is 0.309 e. The number of carboxylic acid groups (broad SMARTS) is 1. The number of aliphatic carboxylic acids is 1. The second-order valence-corrected chi connectivity index (χ2v) is 10.8. The Morgan fingerprint density at radius 3 is 2.18 bits per heavy atom. The third kappa shape index (κ3) is 18.3. The van der Waals surface area contributed by atoms with Gasteiger partial charge in [0.25, 0.3) is 0 Å². The van der Waals surface area contributed by atoms with Crippen molar-refractivity contribution < 1.29 is 24.2 Å². The van der Waals surface area contributed by atoms with Gasteiger partial charge in [-0.1, -0.05) is 51.4 Å². The summed E-state index contributed by atoms with van der Waals surface area (Å²) in [7, 11) is 0. The fourth-order valence-electron chi connectivity index (χ4n) is 4.35. The maximum Gasteiger partial charge on any atom is 0.309 e. The zero-order valence-corrected chi connectivity index (χ0v) is 22.2. The molecule has 0 aromatic rings. The highest BCUT2D eigenvalue weighted by atomic mass is 32.2. The average Bonchev–Trinajstić information content (AvgIpc) is 3.34. The van der Waals surface area contributed by atoms with E-state index in [-0.39, 0.29) is 18.3 Å². The molecule has 0 aromatic carbocycles. The lowest BCUT2D eigenvalue weighted by atomic mass is 10.1. The van der Waals surface area contributed by atoms with E-state index in [1.807, 2.05) is 11.8 Å². The Hall–Kier alpha value is -1.08. The number of nitrogens with zero attached hydrogens (tertiary/aromatic N) is 1. The first-order valence-electron chi connectivity index (χ1n) is 13.8. The van der Waals surface area contributed by atoms with Crippen molar-refractivity contribution in [1.82, 2.24) is 4.90 Å². The van der Waals surface area contributed by atoms with Crippen LogP contribution in [-0.2, 0) is 19.1 Å². The van der Waals surface area contributed by atoms with E-state index in [9.17, 15) is 14.4 Å². The van der Waals surface area contributed by atoms with E-state index >= 15 is 0 Å². The summed E-state index contributed by atoms with van der Waals surface area (Å²) in [6, 6.07) is 0. The van der Waals surface area contributed by atoms with Crippen LogP contribution in [0.3, 0.4) is 0 Å². The number of thioether (sulfide) groups is 1. The molecule has 7 heteroatoms. The van der Waals surface area contributed by atoms with Gasteiger partial charge in [0.1, 0.15) is 6.29 Å². The minimum absolute atomic E-state index is 0.00930. The van der Waals surface area contributed by atoms with E-state index in [2.05, 4.69) is 4.90 Å². The fraction of sp³-hybridized carbons (Fsp3) is 0.889. The number of carbonyl (C=O) groups excluding carboxylic acids is 2. The molecule has 1 saturated heterocycles. The van der Waals surface area contributed by atoms with Crippen LogP contribution in [0.1, 0.15) is 109 Å². The van der Waals surface area contributed by atoms with Gasteiger partial charge in [-0.05, 0) is 70.3 Å². The summed E-state index contributed by atoms with van der Waals surface area (Å²) in [6.07, 6.45) is 18.2. The Morgan fingerprint density at radius 2 is 1.50 bits per heavy atom. The van der Waals surface area contributed by atoms with Gasteiger partial charge >= 0.3 is 11.9 Å². The van der Waals surface area contributed by atoms with Crippen molar-refractivity contribution in [3.63, 3.8) is 0 Å². The van der Waals surface area contributed by atoms with Crippen molar-refractivity contribution >= 4 is 30.0 Å². The van der Waals surface area contributed by atoms with Crippen molar-refractivity contribution in [3.8, 4) is 0 Å². The number of likely N-dealkylation sites (tertiary alicyclic amines) is 1. The second kappa shape index (κ2) is 22.4. The lowest BCUT2D eigenvalue weighted by molar-refractivity contribution is -0.148. The highest BCUT2D eigenvalue weighted by Gasteiger charge is 2.22. The van der Waals surface area contributed by atoms with Crippen LogP contribution in [0.5, 0.6) is 0 Å². The highest BCUT2D eigenvalue weighted by molar-refractivity contribution is 7.99. The predicted molar refractivity (Wildman–Crippen MR) is 140 cm³/mol. The number of aldehydes is 1. The number of hydrogen-bond donors (Lipinski definition) is 1. The molecule has 1 fully saturated rings. The van der Waals surface area contributed by atoms with Gasteiger partial charge < -0.3 is 19.5 Å². The van der Waals surface area contributed by atoms with Gasteiger partial charge in [0.05, 0.1) is 12.5 Å². The Labute approximate surface area is 211 Å². The molecule has 0 saturated carbocycles. The first kappa shape index (κ1) is 31.0. The monoisotopic (exact) mass is 499 g/mol. The minimum Gasteiger partial charge on any atom is -0.481 e. The Bertz CT molecular complexity index is 525. The third-order valence-corrected chi connectivity index (χ3v) is 7.75. The zero-order valence-electron chi connectivity index (χ0n) is 21.4. The maximum absolute atomic E-state index is 12.7. The van der Waals surface area contributed by atoms with Gasteiger partial charge in [0, 0.05) is 18.6 Å². The zero-order chi connectivity index (χ0) is 24.7. The van der Waals surface area contributed by atoms with Crippen molar-refractivity contribution in [2.45, 2.75) is 109 Å². The van der Waals surface area contributed by atoms with Crippen LogP contribution in [0.25, 0.3) is 0 Å². The molecule has 1 heterocycles. The van der Waals surface area contributed by atoms with Gasteiger partial charge in [-0.15, -0.1) is 0 Å². The van der Waals surface area contributed by atoms with Crippen molar-refractivity contribution in [1.29, 1.82) is 0 Å². The molecule has 6 nitrogen and oxygen atoms in total. The summed E-state index contributed by atoms with van der Waals surface area (Å²) in [5.41, 5.74) is 0. The number of rotatable bonds is 24. The second-order valence-electron chi connectivity index (χ2n) is 9.62. The number of carboxylic acids is 1. The third-order valence-electron chi connectivity index (χ3n) is 6.53. The normalized spacial score (nSPS) is 14.8. The van der Waals surface area contributed by atoms with Gasteiger partial charge in [-0.3, -0.25) is 9.59 Å². The van der Waals surface area contributed by atoms with Crippen molar-refractivity contribution in [3.05, 3.63) is 0 Å². The Balaban J connectivity index is 2.15. The molecule has 198 valence electrons. The fourth-order valence-corrected chi connectivity index (χ4v) is 5.52. The molecule has 1 aliphatic rings. The standard InChI is InChI=1S/C27H49NO5S/c29-21-13-7-3-1-4-8-14-22-33-27(32)25(17-20-28-18-11-12-19-28)24-34-23-15-9-5-2-6-10-16-26(30)31/h21,25H,1-20,22-24H2,(H,30,31). The summed E-state index contributed by atoms with van der Waals surface area (Å²) < 4.78 is 5.66.